The Morgan fingerprint density at radius 1 is 1.42 bits per heavy atom. The minimum absolute atomic E-state index is 0.248. The predicted molar refractivity (Wildman–Crippen MR) is 79.0 cm³/mol. The van der Waals surface area contributed by atoms with Crippen LogP contribution in [-0.2, 0) is 11.2 Å². The second kappa shape index (κ2) is 6.86. The lowest BCUT2D eigenvalue weighted by atomic mass is 10.2. The van der Waals surface area contributed by atoms with Crippen LogP contribution in [0.15, 0.2) is 17.4 Å². The molecule has 2 aromatic heterocycles. The van der Waals surface area contributed by atoms with Crippen molar-refractivity contribution in [3.05, 3.63) is 17.3 Å². The number of rotatable bonds is 7. The maximum atomic E-state index is 10.4. The van der Waals surface area contributed by atoms with Crippen molar-refractivity contribution in [1.82, 2.24) is 9.97 Å². The summed E-state index contributed by atoms with van der Waals surface area (Å²) in [7, 11) is 0. The molecule has 0 saturated heterocycles. The molecule has 0 aliphatic heterocycles. The third-order valence-corrected chi connectivity index (χ3v) is 5.00. The maximum Gasteiger partial charge on any atom is 0.303 e. The summed E-state index contributed by atoms with van der Waals surface area (Å²) in [4.78, 5) is 21.4. The van der Waals surface area contributed by atoms with Crippen LogP contribution in [0.5, 0.6) is 0 Å². The molecule has 0 unspecified atom stereocenters. The summed E-state index contributed by atoms with van der Waals surface area (Å²) in [6, 6.07) is 2.17. The lowest BCUT2D eigenvalue weighted by Crippen LogP contribution is -1.94. The molecule has 0 fully saturated rings. The smallest absolute Gasteiger partial charge is 0.303 e. The number of carboxylic acid groups (broad SMARTS) is 1. The van der Waals surface area contributed by atoms with Crippen LogP contribution in [0.4, 0.5) is 0 Å². The molecule has 4 nitrogen and oxygen atoms in total. The average Bonchev–Trinajstić information content (AvgIpc) is 2.81. The van der Waals surface area contributed by atoms with Crippen molar-refractivity contribution in [2.24, 2.45) is 0 Å². The number of carbonyl (C=O) groups is 1. The van der Waals surface area contributed by atoms with Crippen LogP contribution in [-0.4, -0.2) is 26.8 Å². The van der Waals surface area contributed by atoms with Gasteiger partial charge in [0.1, 0.15) is 16.2 Å². The zero-order chi connectivity index (χ0) is 13.7. The molecule has 0 aliphatic rings. The van der Waals surface area contributed by atoms with Crippen molar-refractivity contribution < 1.29 is 9.90 Å². The summed E-state index contributed by atoms with van der Waals surface area (Å²) < 4.78 is 0. The highest BCUT2D eigenvalue weighted by Gasteiger charge is 2.08. The molecule has 0 aromatic carbocycles. The van der Waals surface area contributed by atoms with Gasteiger partial charge in [0.15, 0.2) is 0 Å². The van der Waals surface area contributed by atoms with E-state index in [1.165, 1.54) is 4.88 Å². The largest absolute Gasteiger partial charge is 0.481 e. The molecule has 0 bridgehead atoms. The predicted octanol–water partition coefficient (Wildman–Crippen LogP) is 3.60. The van der Waals surface area contributed by atoms with E-state index >= 15 is 0 Å². The summed E-state index contributed by atoms with van der Waals surface area (Å²) >= 11 is 3.40. The molecule has 1 N–H and O–H groups in total. The number of aromatic nitrogens is 2. The highest BCUT2D eigenvalue weighted by Crippen LogP contribution is 2.31. The summed E-state index contributed by atoms with van der Waals surface area (Å²) in [5.41, 5.74) is 0. The standard InChI is InChI=1S/C13H16N2O2S2/c1-2-9-7-10-12(14-8-15-13(10)19-9)18-6-4-3-5-11(16)17/h7-8H,2-6H2,1H3,(H,16,17). The molecular formula is C13H16N2O2S2. The first-order valence-corrected chi connectivity index (χ1v) is 8.09. The van der Waals surface area contributed by atoms with Crippen molar-refractivity contribution in [3.8, 4) is 0 Å². The van der Waals surface area contributed by atoms with Gasteiger partial charge in [0.05, 0.1) is 0 Å². The monoisotopic (exact) mass is 296 g/mol. The Kier molecular flexibility index (Phi) is 5.15. The quantitative estimate of drug-likeness (QED) is 0.480. The maximum absolute atomic E-state index is 10.4. The number of thiophene rings is 1. The number of hydrogen-bond acceptors (Lipinski definition) is 5. The Bertz CT molecular complexity index is 569. The Balaban J connectivity index is 1.96. The molecule has 0 radical (unpaired) electrons. The third kappa shape index (κ3) is 3.91. The highest BCUT2D eigenvalue weighted by atomic mass is 32.2. The van der Waals surface area contributed by atoms with Gasteiger partial charge in [-0.15, -0.1) is 23.1 Å². The molecule has 6 heteroatoms. The Labute approximate surface area is 120 Å². The number of carboxylic acids is 1. The zero-order valence-corrected chi connectivity index (χ0v) is 12.4. The minimum atomic E-state index is -0.722. The van der Waals surface area contributed by atoms with E-state index in [9.17, 15) is 4.79 Å². The highest BCUT2D eigenvalue weighted by molar-refractivity contribution is 7.99. The molecule has 2 heterocycles. The van der Waals surface area contributed by atoms with Gasteiger partial charge in [-0.05, 0) is 31.1 Å². The van der Waals surface area contributed by atoms with Crippen LogP contribution in [0.25, 0.3) is 10.2 Å². The molecule has 19 heavy (non-hydrogen) atoms. The van der Waals surface area contributed by atoms with Gasteiger partial charge in [-0.25, -0.2) is 9.97 Å². The number of fused-ring (bicyclic) bond motifs is 1. The van der Waals surface area contributed by atoms with Crippen molar-refractivity contribution in [3.63, 3.8) is 0 Å². The van der Waals surface area contributed by atoms with Crippen molar-refractivity contribution in [2.45, 2.75) is 37.6 Å². The first kappa shape index (κ1) is 14.3. The Morgan fingerprint density at radius 3 is 3.00 bits per heavy atom. The van der Waals surface area contributed by atoms with Gasteiger partial charge >= 0.3 is 5.97 Å². The van der Waals surface area contributed by atoms with Crippen molar-refractivity contribution in [2.75, 3.05) is 5.75 Å². The molecule has 2 aromatic rings. The van der Waals surface area contributed by atoms with Crippen molar-refractivity contribution >= 4 is 39.3 Å². The van der Waals surface area contributed by atoms with E-state index in [1.807, 2.05) is 0 Å². The van der Waals surface area contributed by atoms with Crippen LogP contribution in [0.2, 0.25) is 0 Å². The van der Waals surface area contributed by atoms with Gasteiger partial charge < -0.3 is 5.11 Å². The number of unbranched alkanes of at least 4 members (excludes halogenated alkanes) is 1. The first-order chi connectivity index (χ1) is 9.20. The second-order valence-electron chi connectivity index (χ2n) is 4.16. The Hall–Kier alpha value is -1.14. The van der Waals surface area contributed by atoms with E-state index in [0.717, 1.165) is 40.3 Å². The molecule has 2 rings (SSSR count). The fraction of sp³-hybridized carbons (Fsp3) is 0.462. The van der Waals surface area contributed by atoms with Crippen LogP contribution in [0, 0.1) is 0 Å². The zero-order valence-electron chi connectivity index (χ0n) is 10.8. The summed E-state index contributed by atoms with van der Waals surface area (Å²) in [6.45, 7) is 2.14. The van der Waals surface area contributed by atoms with E-state index in [0.29, 0.717) is 0 Å². The number of aliphatic carboxylic acids is 1. The van der Waals surface area contributed by atoms with Gasteiger partial charge in [-0.1, -0.05) is 6.92 Å². The van der Waals surface area contributed by atoms with Gasteiger partial charge in [0, 0.05) is 16.7 Å². The number of hydrogen-bond donors (Lipinski definition) is 1. The summed E-state index contributed by atoms with van der Waals surface area (Å²) in [5.74, 6) is 0.177. The molecular weight excluding hydrogens is 280 g/mol. The van der Waals surface area contributed by atoms with Crippen LogP contribution < -0.4 is 0 Å². The molecule has 0 spiro atoms. The van der Waals surface area contributed by atoms with Crippen molar-refractivity contribution in [1.29, 1.82) is 0 Å². The minimum Gasteiger partial charge on any atom is -0.481 e. The Morgan fingerprint density at radius 2 is 2.26 bits per heavy atom. The summed E-state index contributed by atoms with van der Waals surface area (Å²) in [5, 5.41) is 10.7. The molecule has 0 saturated carbocycles. The lowest BCUT2D eigenvalue weighted by Gasteiger charge is -2.01. The van der Waals surface area contributed by atoms with E-state index < -0.39 is 5.97 Å². The second-order valence-corrected chi connectivity index (χ2v) is 6.36. The van der Waals surface area contributed by atoms with E-state index in [2.05, 4.69) is 23.0 Å². The molecule has 0 amide bonds. The summed E-state index contributed by atoms with van der Waals surface area (Å²) in [6.07, 6.45) is 4.49. The molecule has 0 atom stereocenters. The number of thioether (sulfide) groups is 1. The average molecular weight is 296 g/mol. The van der Waals surface area contributed by atoms with E-state index in [1.54, 1.807) is 29.4 Å². The molecule has 102 valence electrons. The van der Waals surface area contributed by atoms with Gasteiger partial charge in [0.25, 0.3) is 0 Å². The normalized spacial score (nSPS) is 11.0. The number of aryl methyl sites for hydroxylation is 1. The first-order valence-electron chi connectivity index (χ1n) is 6.28. The van der Waals surface area contributed by atoms with Crippen LogP contribution in [0.1, 0.15) is 31.1 Å². The van der Waals surface area contributed by atoms with E-state index in [4.69, 9.17) is 5.11 Å². The fourth-order valence-electron chi connectivity index (χ4n) is 1.72. The van der Waals surface area contributed by atoms with Gasteiger partial charge in [-0.3, -0.25) is 4.79 Å². The topological polar surface area (TPSA) is 63.1 Å². The SMILES string of the molecule is CCc1cc2c(SCCCCC(=O)O)ncnc2s1. The van der Waals surface area contributed by atoms with Gasteiger partial charge in [0.2, 0.25) is 0 Å². The van der Waals surface area contributed by atoms with Crippen LogP contribution in [0.3, 0.4) is 0 Å². The number of nitrogens with zero attached hydrogens (tertiary/aromatic N) is 2. The van der Waals surface area contributed by atoms with Crippen LogP contribution >= 0.6 is 23.1 Å². The molecule has 0 aliphatic carbocycles. The van der Waals surface area contributed by atoms with E-state index in [-0.39, 0.29) is 6.42 Å². The lowest BCUT2D eigenvalue weighted by molar-refractivity contribution is -0.137. The fourth-order valence-corrected chi connectivity index (χ4v) is 3.69. The van der Waals surface area contributed by atoms with Gasteiger partial charge in [-0.2, -0.15) is 0 Å². The third-order valence-electron chi connectivity index (χ3n) is 2.72.